The van der Waals surface area contributed by atoms with E-state index in [1.54, 1.807) is 0 Å². The number of aliphatic hydroxyl groups excluding tert-OH is 1. The fraction of sp³-hybridized carbons (Fsp3) is 0.750. The standard InChI is InChI=1S/C4H8NO2/c6-4-3-5-1-2-7-4/h3-6H,1-2H2. The molecule has 0 aromatic rings. The minimum Gasteiger partial charge on any atom is -0.367 e. The summed E-state index contributed by atoms with van der Waals surface area (Å²) in [4.78, 5) is 0. The normalized spacial score (nSPS) is 33.0. The fourth-order valence-electron chi connectivity index (χ4n) is 0.471. The Balaban J connectivity index is 2.12. The van der Waals surface area contributed by atoms with Crippen LogP contribution in [-0.2, 0) is 4.74 Å². The molecule has 0 aromatic heterocycles. The summed E-state index contributed by atoms with van der Waals surface area (Å²) >= 11 is 0. The Morgan fingerprint density at radius 3 is 3.00 bits per heavy atom. The van der Waals surface area contributed by atoms with Crippen molar-refractivity contribution in [1.82, 2.24) is 5.32 Å². The van der Waals surface area contributed by atoms with Crippen LogP contribution in [0, 0.1) is 6.54 Å². The Kier molecular flexibility index (Phi) is 1.62. The molecule has 3 nitrogen and oxygen atoms in total. The molecule has 0 saturated carbocycles. The molecule has 0 aliphatic carbocycles. The van der Waals surface area contributed by atoms with Gasteiger partial charge in [0.15, 0.2) is 6.29 Å². The molecule has 1 rings (SSSR count). The molecule has 1 radical (unpaired) electrons. The number of aliphatic hydroxyl groups is 1. The SMILES string of the molecule is OC1[CH]NCCO1. The van der Waals surface area contributed by atoms with E-state index >= 15 is 0 Å². The highest BCUT2D eigenvalue weighted by molar-refractivity contribution is 4.68. The molecule has 1 aliphatic rings. The van der Waals surface area contributed by atoms with Crippen molar-refractivity contribution in [3.63, 3.8) is 0 Å². The highest BCUT2D eigenvalue weighted by Crippen LogP contribution is 1.92. The van der Waals surface area contributed by atoms with Crippen LogP contribution in [0.5, 0.6) is 0 Å². The van der Waals surface area contributed by atoms with Crippen LogP contribution >= 0.6 is 0 Å². The third-order valence-corrected chi connectivity index (χ3v) is 0.795. The molecule has 1 heterocycles. The van der Waals surface area contributed by atoms with Crippen molar-refractivity contribution in [2.75, 3.05) is 13.2 Å². The molecule has 0 aromatic carbocycles. The van der Waals surface area contributed by atoms with Crippen LogP contribution in [0.3, 0.4) is 0 Å². The van der Waals surface area contributed by atoms with E-state index in [-0.39, 0.29) is 0 Å². The second-order valence-electron chi connectivity index (χ2n) is 1.38. The van der Waals surface area contributed by atoms with Gasteiger partial charge >= 0.3 is 0 Å². The van der Waals surface area contributed by atoms with Gasteiger partial charge in [-0.2, -0.15) is 0 Å². The quantitative estimate of drug-likeness (QED) is 0.416. The number of hydrogen-bond donors (Lipinski definition) is 2. The molecular formula is C4H8NO2. The van der Waals surface area contributed by atoms with Gasteiger partial charge in [-0.3, -0.25) is 0 Å². The summed E-state index contributed by atoms with van der Waals surface area (Å²) in [6, 6.07) is 0. The zero-order chi connectivity index (χ0) is 5.11. The van der Waals surface area contributed by atoms with E-state index in [2.05, 4.69) is 5.32 Å². The second kappa shape index (κ2) is 2.26. The molecule has 1 saturated heterocycles. The van der Waals surface area contributed by atoms with Crippen LogP contribution in [-0.4, -0.2) is 24.5 Å². The largest absolute Gasteiger partial charge is 0.367 e. The van der Waals surface area contributed by atoms with Gasteiger partial charge in [0.1, 0.15) is 0 Å². The molecule has 0 amide bonds. The van der Waals surface area contributed by atoms with Crippen molar-refractivity contribution in [3.8, 4) is 0 Å². The van der Waals surface area contributed by atoms with Crippen molar-refractivity contribution in [1.29, 1.82) is 0 Å². The lowest BCUT2D eigenvalue weighted by Crippen LogP contribution is -2.33. The first-order chi connectivity index (χ1) is 3.39. The molecule has 1 atom stereocenters. The lowest BCUT2D eigenvalue weighted by molar-refractivity contribution is -0.0927. The number of ether oxygens (including phenoxy) is 1. The molecule has 0 spiro atoms. The molecular weight excluding hydrogens is 94.0 g/mol. The highest BCUT2D eigenvalue weighted by Gasteiger charge is 2.07. The van der Waals surface area contributed by atoms with Gasteiger partial charge in [-0.15, -0.1) is 0 Å². The van der Waals surface area contributed by atoms with Gasteiger partial charge in [0.05, 0.1) is 13.2 Å². The van der Waals surface area contributed by atoms with E-state index in [0.29, 0.717) is 6.61 Å². The van der Waals surface area contributed by atoms with Crippen LogP contribution in [0.4, 0.5) is 0 Å². The van der Waals surface area contributed by atoms with E-state index < -0.39 is 6.29 Å². The maximum Gasteiger partial charge on any atom is 0.171 e. The van der Waals surface area contributed by atoms with Gasteiger partial charge in [-0.05, 0) is 0 Å². The summed E-state index contributed by atoms with van der Waals surface area (Å²) in [5.74, 6) is 0. The Morgan fingerprint density at radius 2 is 2.71 bits per heavy atom. The summed E-state index contributed by atoms with van der Waals surface area (Å²) in [6.07, 6.45) is -0.700. The van der Waals surface area contributed by atoms with E-state index in [0.717, 1.165) is 6.54 Å². The van der Waals surface area contributed by atoms with Gasteiger partial charge in [-0.1, -0.05) is 0 Å². The van der Waals surface area contributed by atoms with Crippen molar-refractivity contribution >= 4 is 0 Å². The Labute approximate surface area is 42.3 Å². The Morgan fingerprint density at radius 1 is 1.86 bits per heavy atom. The fourth-order valence-corrected chi connectivity index (χ4v) is 0.471. The summed E-state index contributed by atoms with van der Waals surface area (Å²) in [5, 5.41) is 11.4. The zero-order valence-electron chi connectivity index (χ0n) is 3.92. The number of rotatable bonds is 0. The van der Waals surface area contributed by atoms with Gasteiger partial charge in [0.25, 0.3) is 0 Å². The molecule has 41 valence electrons. The average Bonchev–Trinajstić information content (AvgIpc) is 1.69. The van der Waals surface area contributed by atoms with Gasteiger partial charge in [-0.25, -0.2) is 0 Å². The predicted molar refractivity (Wildman–Crippen MR) is 24.3 cm³/mol. The van der Waals surface area contributed by atoms with E-state index in [1.807, 2.05) is 0 Å². The van der Waals surface area contributed by atoms with Crippen molar-refractivity contribution in [2.45, 2.75) is 6.29 Å². The van der Waals surface area contributed by atoms with Crippen LogP contribution in [0.25, 0.3) is 0 Å². The number of nitrogens with one attached hydrogen (secondary N) is 1. The minimum absolute atomic E-state index is 0.595. The smallest absolute Gasteiger partial charge is 0.171 e. The maximum absolute atomic E-state index is 8.57. The van der Waals surface area contributed by atoms with Crippen LogP contribution < -0.4 is 5.32 Å². The Hall–Kier alpha value is -0.120. The van der Waals surface area contributed by atoms with Crippen LogP contribution in [0.1, 0.15) is 0 Å². The summed E-state index contributed by atoms with van der Waals surface area (Å²) in [7, 11) is 0. The number of morpholine rings is 1. The van der Waals surface area contributed by atoms with Gasteiger partial charge in [0.2, 0.25) is 0 Å². The zero-order valence-corrected chi connectivity index (χ0v) is 3.92. The third-order valence-electron chi connectivity index (χ3n) is 0.795. The molecule has 1 fully saturated rings. The van der Waals surface area contributed by atoms with E-state index in [4.69, 9.17) is 9.84 Å². The summed E-state index contributed by atoms with van der Waals surface area (Å²) < 4.78 is 4.72. The molecule has 1 unspecified atom stereocenters. The minimum atomic E-state index is -0.700. The van der Waals surface area contributed by atoms with Crippen LogP contribution in [0.15, 0.2) is 0 Å². The Bertz CT molecular complexity index is 51.7. The third kappa shape index (κ3) is 1.43. The first-order valence-electron chi connectivity index (χ1n) is 2.26. The molecule has 1 aliphatic heterocycles. The lowest BCUT2D eigenvalue weighted by atomic mass is 10.5. The van der Waals surface area contributed by atoms with Crippen molar-refractivity contribution < 1.29 is 9.84 Å². The average molecular weight is 102 g/mol. The van der Waals surface area contributed by atoms with Crippen molar-refractivity contribution in [3.05, 3.63) is 6.54 Å². The molecule has 3 heteroatoms. The monoisotopic (exact) mass is 102 g/mol. The molecule has 7 heavy (non-hydrogen) atoms. The topological polar surface area (TPSA) is 41.5 Å². The molecule has 2 N–H and O–H groups in total. The summed E-state index contributed by atoms with van der Waals surface area (Å²) in [5.41, 5.74) is 0. The summed E-state index contributed by atoms with van der Waals surface area (Å²) in [6.45, 7) is 2.91. The van der Waals surface area contributed by atoms with E-state index in [1.165, 1.54) is 6.54 Å². The second-order valence-corrected chi connectivity index (χ2v) is 1.38. The highest BCUT2D eigenvalue weighted by atomic mass is 16.6. The molecule has 0 bridgehead atoms. The first-order valence-corrected chi connectivity index (χ1v) is 2.26. The van der Waals surface area contributed by atoms with Crippen LogP contribution in [0.2, 0.25) is 0 Å². The lowest BCUT2D eigenvalue weighted by Gasteiger charge is -2.17. The van der Waals surface area contributed by atoms with Crippen molar-refractivity contribution in [2.24, 2.45) is 0 Å². The maximum atomic E-state index is 8.57. The number of hydrogen-bond acceptors (Lipinski definition) is 3. The van der Waals surface area contributed by atoms with Gasteiger partial charge in [0, 0.05) is 6.54 Å². The van der Waals surface area contributed by atoms with E-state index in [9.17, 15) is 0 Å². The first kappa shape index (κ1) is 5.03. The van der Waals surface area contributed by atoms with Gasteiger partial charge < -0.3 is 15.2 Å². The predicted octanol–water partition coefficient (Wildman–Crippen LogP) is -0.914.